The molecule has 1 aromatic rings. The van der Waals surface area contributed by atoms with Crippen molar-refractivity contribution in [2.45, 2.75) is 32.2 Å². The van der Waals surface area contributed by atoms with Gasteiger partial charge in [0.25, 0.3) is 5.91 Å². The van der Waals surface area contributed by atoms with Gasteiger partial charge in [0, 0.05) is 16.2 Å². The second-order valence-corrected chi connectivity index (χ2v) is 5.64. The summed E-state index contributed by atoms with van der Waals surface area (Å²) in [5.41, 5.74) is 6.90. The first kappa shape index (κ1) is 12.4. The molecular formula is C13H17BrN2O. The van der Waals surface area contributed by atoms with E-state index in [9.17, 15) is 4.79 Å². The molecule has 4 heteroatoms. The first-order valence-corrected chi connectivity index (χ1v) is 6.73. The molecule has 92 valence electrons. The molecule has 3 nitrogen and oxygen atoms in total. The van der Waals surface area contributed by atoms with Crippen LogP contribution in [0.4, 0.5) is 5.69 Å². The highest BCUT2D eigenvalue weighted by Gasteiger charge is 2.25. The zero-order valence-corrected chi connectivity index (χ0v) is 11.5. The SMILES string of the molecule is CC1CCCC1NC(=O)c1cc(Br)ccc1N. The molecule has 0 heterocycles. The molecule has 0 spiro atoms. The van der Waals surface area contributed by atoms with E-state index in [2.05, 4.69) is 28.2 Å². The monoisotopic (exact) mass is 296 g/mol. The van der Waals surface area contributed by atoms with Gasteiger partial charge in [-0.25, -0.2) is 0 Å². The summed E-state index contributed by atoms with van der Waals surface area (Å²) in [6.07, 6.45) is 3.46. The molecule has 0 aromatic heterocycles. The van der Waals surface area contributed by atoms with Gasteiger partial charge >= 0.3 is 0 Å². The zero-order valence-electron chi connectivity index (χ0n) is 9.87. The summed E-state index contributed by atoms with van der Waals surface area (Å²) < 4.78 is 0.872. The number of nitrogens with one attached hydrogen (secondary N) is 1. The molecule has 0 saturated heterocycles. The molecule has 2 unspecified atom stereocenters. The predicted octanol–water partition coefficient (Wildman–Crippen LogP) is 2.95. The van der Waals surface area contributed by atoms with Crippen molar-refractivity contribution < 1.29 is 4.79 Å². The molecule has 1 amide bonds. The average molecular weight is 297 g/mol. The van der Waals surface area contributed by atoms with Crippen LogP contribution in [0.3, 0.4) is 0 Å². The molecule has 3 N–H and O–H groups in total. The van der Waals surface area contributed by atoms with Crippen LogP contribution in [0.2, 0.25) is 0 Å². The van der Waals surface area contributed by atoms with Crippen molar-refractivity contribution in [2.24, 2.45) is 5.92 Å². The van der Waals surface area contributed by atoms with Gasteiger partial charge in [-0.3, -0.25) is 4.79 Å². The number of carbonyl (C=O) groups excluding carboxylic acids is 1. The van der Waals surface area contributed by atoms with Crippen LogP contribution in [-0.2, 0) is 0 Å². The van der Waals surface area contributed by atoms with Crippen LogP contribution in [0.1, 0.15) is 36.5 Å². The Labute approximate surface area is 110 Å². The van der Waals surface area contributed by atoms with Crippen molar-refractivity contribution >= 4 is 27.5 Å². The summed E-state index contributed by atoms with van der Waals surface area (Å²) in [4.78, 5) is 12.1. The van der Waals surface area contributed by atoms with Crippen molar-refractivity contribution in [1.29, 1.82) is 0 Å². The summed E-state index contributed by atoms with van der Waals surface area (Å²) in [5.74, 6) is 0.495. The van der Waals surface area contributed by atoms with Gasteiger partial charge in [-0.1, -0.05) is 29.3 Å². The van der Waals surface area contributed by atoms with E-state index in [1.54, 1.807) is 12.1 Å². The Bertz CT molecular complexity index is 433. The number of rotatable bonds is 2. The molecule has 1 fully saturated rings. The van der Waals surface area contributed by atoms with E-state index in [0.717, 1.165) is 10.9 Å². The van der Waals surface area contributed by atoms with Crippen molar-refractivity contribution in [3.05, 3.63) is 28.2 Å². The van der Waals surface area contributed by atoms with Crippen molar-refractivity contribution in [3.8, 4) is 0 Å². The summed E-state index contributed by atoms with van der Waals surface area (Å²) in [6.45, 7) is 2.18. The number of hydrogen-bond acceptors (Lipinski definition) is 2. The Kier molecular flexibility index (Phi) is 3.72. The smallest absolute Gasteiger partial charge is 0.253 e. The van der Waals surface area contributed by atoms with Crippen LogP contribution in [0.5, 0.6) is 0 Å². The Morgan fingerprint density at radius 3 is 2.88 bits per heavy atom. The third kappa shape index (κ3) is 2.80. The minimum atomic E-state index is -0.0671. The van der Waals surface area contributed by atoms with Gasteiger partial charge < -0.3 is 11.1 Å². The zero-order chi connectivity index (χ0) is 12.4. The third-order valence-corrected chi connectivity index (χ3v) is 3.93. The quantitative estimate of drug-likeness (QED) is 0.825. The fourth-order valence-corrected chi connectivity index (χ4v) is 2.69. The molecule has 2 atom stereocenters. The molecule has 1 aliphatic rings. The van der Waals surface area contributed by atoms with Gasteiger partial charge in [-0.15, -0.1) is 0 Å². The summed E-state index contributed by atoms with van der Waals surface area (Å²) >= 11 is 3.35. The summed E-state index contributed by atoms with van der Waals surface area (Å²) in [7, 11) is 0. The first-order valence-electron chi connectivity index (χ1n) is 5.94. The lowest BCUT2D eigenvalue weighted by Gasteiger charge is -2.18. The lowest BCUT2D eigenvalue weighted by Crippen LogP contribution is -2.36. The standard InChI is InChI=1S/C13H17BrN2O/c1-8-3-2-4-12(8)16-13(17)10-7-9(14)5-6-11(10)15/h5-8,12H,2-4,15H2,1H3,(H,16,17). The van der Waals surface area contributed by atoms with E-state index in [1.807, 2.05) is 6.07 Å². The van der Waals surface area contributed by atoms with E-state index >= 15 is 0 Å². The predicted molar refractivity (Wildman–Crippen MR) is 72.8 cm³/mol. The Balaban J connectivity index is 2.11. The maximum Gasteiger partial charge on any atom is 0.253 e. The number of nitrogens with two attached hydrogens (primary N) is 1. The molecule has 1 saturated carbocycles. The largest absolute Gasteiger partial charge is 0.398 e. The highest BCUT2D eigenvalue weighted by atomic mass is 79.9. The second-order valence-electron chi connectivity index (χ2n) is 4.72. The molecule has 1 aliphatic carbocycles. The van der Waals surface area contributed by atoms with Gasteiger partial charge in [0.05, 0.1) is 5.56 Å². The highest BCUT2D eigenvalue weighted by Crippen LogP contribution is 2.26. The topological polar surface area (TPSA) is 55.1 Å². The molecule has 0 bridgehead atoms. The lowest BCUT2D eigenvalue weighted by atomic mass is 10.1. The van der Waals surface area contributed by atoms with E-state index in [4.69, 9.17) is 5.73 Å². The van der Waals surface area contributed by atoms with Gasteiger partial charge in [-0.2, -0.15) is 0 Å². The minimum Gasteiger partial charge on any atom is -0.398 e. The number of anilines is 1. The lowest BCUT2D eigenvalue weighted by molar-refractivity contribution is 0.0930. The summed E-state index contributed by atoms with van der Waals surface area (Å²) in [6, 6.07) is 5.65. The number of benzene rings is 1. The van der Waals surface area contributed by atoms with E-state index in [-0.39, 0.29) is 5.91 Å². The van der Waals surface area contributed by atoms with Crippen LogP contribution >= 0.6 is 15.9 Å². The Morgan fingerprint density at radius 1 is 1.47 bits per heavy atom. The van der Waals surface area contributed by atoms with E-state index in [0.29, 0.717) is 23.2 Å². The fraction of sp³-hybridized carbons (Fsp3) is 0.462. The normalized spacial score (nSPS) is 23.6. The maximum atomic E-state index is 12.1. The fourth-order valence-electron chi connectivity index (χ4n) is 2.33. The molecule has 1 aromatic carbocycles. The molecule has 0 aliphatic heterocycles. The van der Waals surface area contributed by atoms with Crippen molar-refractivity contribution in [3.63, 3.8) is 0 Å². The van der Waals surface area contributed by atoms with E-state index < -0.39 is 0 Å². The van der Waals surface area contributed by atoms with Gasteiger partial charge in [0.2, 0.25) is 0 Å². The van der Waals surface area contributed by atoms with Gasteiger partial charge in [0.15, 0.2) is 0 Å². The number of halogens is 1. The maximum absolute atomic E-state index is 12.1. The van der Waals surface area contributed by atoms with Gasteiger partial charge in [-0.05, 0) is 37.0 Å². The minimum absolute atomic E-state index is 0.0671. The molecular weight excluding hydrogens is 280 g/mol. The van der Waals surface area contributed by atoms with Crippen LogP contribution in [0.25, 0.3) is 0 Å². The third-order valence-electron chi connectivity index (χ3n) is 3.44. The average Bonchev–Trinajstić information content (AvgIpc) is 2.68. The second kappa shape index (κ2) is 5.08. The first-order chi connectivity index (χ1) is 8.08. The van der Waals surface area contributed by atoms with Crippen LogP contribution in [0, 0.1) is 5.92 Å². The summed E-state index contributed by atoms with van der Waals surface area (Å²) in [5, 5.41) is 3.07. The number of nitrogen functional groups attached to an aromatic ring is 1. The molecule has 0 radical (unpaired) electrons. The number of hydrogen-bond donors (Lipinski definition) is 2. The van der Waals surface area contributed by atoms with Gasteiger partial charge in [0.1, 0.15) is 0 Å². The Hall–Kier alpha value is -1.03. The number of carbonyl (C=O) groups is 1. The number of amides is 1. The van der Waals surface area contributed by atoms with Crippen molar-refractivity contribution in [1.82, 2.24) is 5.32 Å². The molecule has 2 rings (SSSR count). The van der Waals surface area contributed by atoms with E-state index in [1.165, 1.54) is 12.8 Å². The van der Waals surface area contributed by atoms with Crippen LogP contribution in [-0.4, -0.2) is 11.9 Å². The highest BCUT2D eigenvalue weighted by molar-refractivity contribution is 9.10. The molecule has 17 heavy (non-hydrogen) atoms. The van der Waals surface area contributed by atoms with Crippen molar-refractivity contribution in [2.75, 3.05) is 5.73 Å². The van der Waals surface area contributed by atoms with Crippen LogP contribution in [0.15, 0.2) is 22.7 Å². The Morgan fingerprint density at radius 2 is 2.24 bits per heavy atom. The van der Waals surface area contributed by atoms with Crippen LogP contribution < -0.4 is 11.1 Å².